The zero-order valence-electron chi connectivity index (χ0n) is 12.8. The van der Waals surface area contributed by atoms with E-state index in [1.807, 2.05) is 43.9 Å². The number of aryl methyl sites for hydroxylation is 1. The number of amidine groups is 1. The van der Waals surface area contributed by atoms with Gasteiger partial charge in [0.1, 0.15) is 5.92 Å². The number of carbonyl (C=O) groups excluding carboxylic acids is 1. The molecule has 3 N–H and O–H groups in total. The van der Waals surface area contributed by atoms with Crippen LogP contribution in [0.1, 0.15) is 32.8 Å². The van der Waals surface area contributed by atoms with Gasteiger partial charge >= 0.3 is 0 Å². The van der Waals surface area contributed by atoms with Crippen molar-refractivity contribution in [1.82, 2.24) is 0 Å². The van der Waals surface area contributed by atoms with Gasteiger partial charge in [0.05, 0.1) is 0 Å². The summed E-state index contributed by atoms with van der Waals surface area (Å²) in [6.45, 7) is 5.85. The highest BCUT2D eigenvalue weighted by Crippen LogP contribution is 2.32. The highest BCUT2D eigenvalue weighted by Gasteiger charge is 2.36. The quantitative estimate of drug-likeness (QED) is 0.388. The maximum absolute atomic E-state index is 13.0. The number of oxime groups is 1. The molecule has 21 heavy (non-hydrogen) atoms. The van der Waals surface area contributed by atoms with E-state index in [0.717, 1.165) is 18.5 Å². The van der Waals surface area contributed by atoms with Crippen LogP contribution in [0.15, 0.2) is 29.4 Å². The Morgan fingerprint density at radius 1 is 1.43 bits per heavy atom. The van der Waals surface area contributed by atoms with Gasteiger partial charge in [0, 0.05) is 11.7 Å². The summed E-state index contributed by atoms with van der Waals surface area (Å²) in [6.07, 6.45) is 1.89. The molecule has 1 aliphatic heterocycles. The minimum absolute atomic E-state index is 0.0229. The van der Waals surface area contributed by atoms with Crippen molar-refractivity contribution >= 4 is 17.4 Å². The molecule has 114 valence electrons. The van der Waals surface area contributed by atoms with Crippen molar-refractivity contribution in [2.45, 2.75) is 39.7 Å². The fraction of sp³-hybridized carbons (Fsp3) is 0.500. The summed E-state index contributed by atoms with van der Waals surface area (Å²) in [5, 5.41) is 12.0. The van der Waals surface area contributed by atoms with Gasteiger partial charge in [-0.1, -0.05) is 37.2 Å². The number of rotatable bonds is 3. The van der Waals surface area contributed by atoms with E-state index >= 15 is 0 Å². The number of nitrogens with zero attached hydrogens (tertiary/aromatic N) is 2. The van der Waals surface area contributed by atoms with Crippen LogP contribution < -0.4 is 10.6 Å². The summed E-state index contributed by atoms with van der Waals surface area (Å²) in [6, 6.07) is 8.05. The van der Waals surface area contributed by atoms with Crippen molar-refractivity contribution in [3.8, 4) is 0 Å². The summed E-state index contributed by atoms with van der Waals surface area (Å²) in [5.74, 6) is -0.761. The van der Waals surface area contributed by atoms with Gasteiger partial charge in [-0.25, -0.2) is 0 Å². The molecule has 2 unspecified atom stereocenters. The Morgan fingerprint density at radius 3 is 2.71 bits per heavy atom. The monoisotopic (exact) mass is 289 g/mol. The van der Waals surface area contributed by atoms with Crippen LogP contribution in [0.5, 0.6) is 0 Å². The molecule has 5 heteroatoms. The standard InChI is InChI=1S/C16H23N3O2/c1-10(2)14(15(17)18-21)16(20)19-11(3)8-9-12-6-4-5-7-13(12)19/h4-7,10-11,14,21H,8-9H2,1-3H3,(H2,17,18). The molecule has 0 bridgehead atoms. The number of nitrogens with two attached hydrogens (primary N) is 1. The van der Waals surface area contributed by atoms with Crippen LogP contribution in [-0.4, -0.2) is 23.0 Å². The van der Waals surface area contributed by atoms with Crippen molar-refractivity contribution in [2.24, 2.45) is 22.7 Å². The Morgan fingerprint density at radius 2 is 2.10 bits per heavy atom. The highest BCUT2D eigenvalue weighted by atomic mass is 16.4. The Bertz CT molecular complexity index is 554. The minimum atomic E-state index is -0.608. The first-order valence-corrected chi connectivity index (χ1v) is 7.35. The maximum atomic E-state index is 13.0. The van der Waals surface area contributed by atoms with Gasteiger partial charge in [0.15, 0.2) is 5.84 Å². The SMILES string of the molecule is CC(C)C(C(=O)N1c2ccccc2CCC1C)C(N)=NO. The molecule has 0 aromatic heterocycles. The van der Waals surface area contributed by atoms with Gasteiger partial charge in [-0.3, -0.25) is 4.79 Å². The van der Waals surface area contributed by atoms with E-state index in [4.69, 9.17) is 10.9 Å². The molecule has 2 atom stereocenters. The lowest BCUT2D eigenvalue weighted by atomic mass is 9.89. The fourth-order valence-electron chi connectivity index (χ4n) is 2.99. The molecule has 0 radical (unpaired) electrons. The van der Waals surface area contributed by atoms with Crippen molar-refractivity contribution in [2.75, 3.05) is 4.90 Å². The fourth-order valence-corrected chi connectivity index (χ4v) is 2.99. The third-order valence-corrected chi connectivity index (χ3v) is 4.13. The number of anilines is 1. The van der Waals surface area contributed by atoms with Crippen molar-refractivity contribution in [3.63, 3.8) is 0 Å². The molecule has 5 nitrogen and oxygen atoms in total. The first-order valence-electron chi connectivity index (χ1n) is 7.35. The smallest absolute Gasteiger partial charge is 0.238 e. The molecule has 0 saturated heterocycles. The van der Waals surface area contributed by atoms with E-state index in [2.05, 4.69) is 11.2 Å². The van der Waals surface area contributed by atoms with Gasteiger partial charge < -0.3 is 15.8 Å². The van der Waals surface area contributed by atoms with E-state index in [9.17, 15) is 4.79 Å². The van der Waals surface area contributed by atoms with E-state index in [1.54, 1.807) is 0 Å². The lowest BCUT2D eigenvalue weighted by molar-refractivity contribution is -0.122. The second-order valence-corrected chi connectivity index (χ2v) is 5.97. The molecule has 1 aromatic rings. The van der Waals surface area contributed by atoms with Crippen molar-refractivity contribution < 1.29 is 10.0 Å². The average molecular weight is 289 g/mol. The Kier molecular flexibility index (Phi) is 4.50. The minimum Gasteiger partial charge on any atom is -0.409 e. The van der Waals surface area contributed by atoms with Crippen LogP contribution in [0.4, 0.5) is 5.69 Å². The summed E-state index contributed by atoms with van der Waals surface area (Å²) in [4.78, 5) is 14.8. The molecule has 1 heterocycles. The second-order valence-electron chi connectivity index (χ2n) is 5.97. The van der Waals surface area contributed by atoms with Crippen LogP contribution in [0.25, 0.3) is 0 Å². The molecule has 0 fully saturated rings. The largest absolute Gasteiger partial charge is 0.409 e. The van der Waals surface area contributed by atoms with E-state index in [1.165, 1.54) is 5.56 Å². The maximum Gasteiger partial charge on any atom is 0.238 e. The predicted octanol–water partition coefficient (Wildman–Crippen LogP) is 2.37. The van der Waals surface area contributed by atoms with Crippen LogP contribution in [0.3, 0.4) is 0 Å². The van der Waals surface area contributed by atoms with Gasteiger partial charge in [0.25, 0.3) is 0 Å². The molecule has 0 spiro atoms. The van der Waals surface area contributed by atoms with Gasteiger partial charge in [-0.2, -0.15) is 0 Å². The number of hydrogen-bond acceptors (Lipinski definition) is 3. The summed E-state index contributed by atoms with van der Waals surface area (Å²) < 4.78 is 0. The van der Waals surface area contributed by atoms with Crippen molar-refractivity contribution in [1.29, 1.82) is 0 Å². The zero-order chi connectivity index (χ0) is 15.6. The molecule has 0 saturated carbocycles. The molecule has 2 rings (SSSR count). The number of amides is 1. The third kappa shape index (κ3) is 2.86. The van der Waals surface area contributed by atoms with E-state index in [-0.39, 0.29) is 23.7 Å². The van der Waals surface area contributed by atoms with Crippen LogP contribution in [0, 0.1) is 11.8 Å². The normalized spacial score (nSPS) is 20.3. The first kappa shape index (κ1) is 15.4. The lowest BCUT2D eigenvalue weighted by Crippen LogP contribution is -2.49. The molecule has 1 aromatic carbocycles. The van der Waals surface area contributed by atoms with Crippen LogP contribution in [0.2, 0.25) is 0 Å². The highest BCUT2D eigenvalue weighted by molar-refractivity contribution is 6.09. The molecule has 1 aliphatic rings. The number of benzene rings is 1. The summed E-state index contributed by atoms with van der Waals surface area (Å²) >= 11 is 0. The van der Waals surface area contributed by atoms with Gasteiger partial charge in [-0.15, -0.1) is 0 Å². The number of carbonyl (C=O) groups is 1. The van der Waals surface area contributed by atoms with Gasteiger partial charge in [-0.05, 0) is 37.3 Å². The lowest BCUT2D eigenvalue weighted by Gasteiger charge is -2.38. The summed E-state index contributed by atoms with van der Waals surface area (Å²) in [5.41, 5.74) is 7.86. The predicted molar refractivity (Wildman–Crippen MR) is 83.4 cm³/mol. The average Bonchev–Trinajstić information content (AvgIpc) is 2.46. The van der Waals surface area contributed by atoms with E-state index in [0.29, 0.717) is 0 Å². The molecular weight excluding hydrogens is 266 g/mol. The number of hydrogen-bond donors (Lipinski definition) is 2. The molecule has 0 aliphatic carbocycles. The number of para-hydroxylation sites is 1. The number of fused-ring (bicyclic) bond motifs is 1. The topological polar surface area (TPSA) is 78.9 Å². The molecule has 1 amide bonds. The van der Waals surface area contributed by atoms with Crippen molar-refractivity contribution in [3.05, 3.63) is 29.8 Å². The second kappa shape index (κ2) is 6.16. The summed E-state index contributed by atoms with van der Waals surface area (Å²) in [7, 11) is 0. The first-order chi connectivity index (χ1) is 9.97. The Hall–Kier alpha value is -2.04. The van der Waals surface area contributed by atoms with Crippen LogP contribution in [-0.2, 0) is 11.2 Å². The van der Waals surface area contributed by atoms with Crippen LogP contribution >= 0.6 is 0 Å². The third-order valence-electron chi connectivity index (χ3n) is 4.13. The Balaban J connectivity index is 2.42. The Labute approximate surface area is 125 Å². The zero-order valence-corrected chi connectivity index (χ0v) is 12.8. The molecular formula is C16H23N3O2. The van der Waals surface area contributed by atoms with E-state index < -0.39 is 5.92 Å². The van der Waals surface area contributed by atoms with Gasteiger partial charge in [0.2, 0.25) is 5.91 Å².